The van der Waals surface area contributed by atoms with Gasteiger partial charge in [0, 0.05) is 11.1 Å². The number of aryl methyl sites for hydroxylation is 4. The van der Waals surface area contributed by atoms with Crippen LogP contribution in [0.2, 0.25) is 0 Å². The Morgan fingerprint density at radius 3 is 2.75 bits per heavy atom. The van der Waals surface area contributed by atoms with Crippen molar-refractivity contribution < 1.29 is 8.42 Å². The van der Waals surface area contributed by atoms with E-state index in [4.69, 9.17) is 0 Å². The van der Waals surface area contributed by atoms with Crippen molar-refractivity contribution in [3.63, 3.8) is 0 Å². The maximum absolute atomic E-state index is 12.5. The normalized spacial score (nSPS) is 12.3. The minimum absolute atomic E-state index is 0.238. The van der Waals surface area contributed by atoms with Gasteiger partial charge in [-0.25, -0.2) is 4.98 Å². The molecule has 0 amide bonds. The van der Waals surface area contributed by atoms with Gasteiger partial charge < -0.3 is 0 Å². The van der Waals surface area contributed by atoms with Gasteiger partial charge in [0.05, 0.1) is 22.5 Å². The minimum atomic E-state index is -3.70. The van der Waals surface area contributed by atoms with E-state index in [1.165, 1.54) is 17.6 Å². The lowest BCUT2D eigenvalue weighted by molar-refractivity contribution is 0.584. The summed E-state index contributed by atoms with van der Waals surface area (Å²) >= 11 is 1.54. The van der Waals surface area contributed by atoms with Crippen molar-refractivity contribution in [1.29, 1.82) is 0 Å². The third kappa shape index (κ3) is 2.94. The summed E-state index contributed by atoms with van der Waals surface area (Å²) in [5, 5.41) is 5.94. The van der Waals surface area contributed by atoms with Gasteiger partial charge in [0.1, 0.15) is 0 Å². The van der Waals surface area contributed by atoms with Gasteiger partial charge in [-0.3, -0.25) is 4.40 Å². The SMILES string of the molecule is Cc1ccc(C)c(S(=O)(=O)NN=Cc2c(C)nc3scc(C)n23)c1. The molecule has 2 aromatic heterocycles. The first-order valence-electron chi connectivity index (χ1n) is 7.35. The van der Waals surface area contributed by atoms with Crippen LogP contribution in [0.1, 0.15) is 28.2 Å². The van der Waals surface area contributed by atoms with Crippen molar-refractivity contribution in [2.24, 2.45) is 5.10 Å². The highest BCUT2D eigenvalue weighted by Gasteiger charge is 2.16. The number of aromatic nitrogens is 2. The number of imidazole rings is 1. The Labute approximate surface area is 144 Å². The Hall–Kier alpha value is -2.19. The molecule has 1 aromatic carbocycles. The van der Waals surface area contributed by atoms with Gasteiger partial charge in [0.15, 0.2) is 4.96 Å². The molecule has 126 valence electrons. The van der Waals surface area contributed by atoms with Crippen LogP contribution in [0.15, 0.2) is 33.6 Å². The molecule has 0 saturated carbocycles. The van der Waals surface area contributed by atoms with Crippen LogP contribution in [-0.4, -0.2) is 24.0 Å². The molecule has 6 nitrogen and oxygen atoms in total. The molecule has 0 aliphatic heterocycles. The maximum Gasteiger partial charge on any atom is 0.276 e. The standard InChI is InChI=1S/C16H18N4O2S2/c1-10-5-6-11(2)15(7-10)24(21,22)19-17-8-14-13(4)18-16-20(14)12(3)9-23-16/h5-9,19H,1-4H3. The van der Waals surface area contributed by atoms with Crippen LogP contribution < -0.4 is 4.83 Å². The Kier molecular flexibility index (Phi) is 4.18. The number of fused-ring (bicyclic) bond motifs is 1. The molecule has 2 heterocycles. The molecule has 0 aliphatic rings. The van der Waals surface area contributed by atoms with E-state index in [-0.39, 0.29) is 4.90 Å². The number of thiazole rings is 1. The first-order valence-corrected chi connectivity index (χ1v) is 9.71. The molecule has 8 heteroatoms. The van der Waals surface area contributed by atoms with Crippen molar-refractivity contribution >= 4 is 32.5 Å². The van der Waals surface area contributed by atoms with Gasteiger partial charge in [0.25, 0.3) is 10.0 Å². The van der Waals surface area contributed by atoms with Crippen molar-refractivity contribution in [2.75, 3.05) is 0 Å². The second-order valence-electron chi connectivity index (χ2n) is 5.70. The quantitative estimate of drug-likeness (QED) is 0.573. The van der Waals surface area contributed by atoms with E-state index in [1.54, 1.807) is 19.1 Å². The molecule has 0 atom stereocenters. The van der Waals surface area contributed by atoms with Crippen molar-refractivity contribution in [3.8, 4) is 0 Å². The molecule has 0 unspecified atom stereocenters. The van der Waals surface area contributed by atoms with Crippen molar-refractivity contribution in [3.05, 3.63) is 51.8 Å². The van der Waals surface area contributed by atoms with Crippen LogP contribution in [-0.2, 0) is 10.0 Å². The fourth-order valence-electron chi connectivity index (χ4n) is 2.48. The summed E-state index contributed by atoms with van der Waals surface area (Å²) in [5.74, 6) is 0. The lowest BCUT2D eigenvalue weighted by Gasteiger charge is -2.07. The fourth-order valence-corrected chi connectivity index (χ4v) is 4.52. The van der Waals surface area contributed by atoms with Gasteiger partial charge >= 0.3 is 0 Å². The lowest BCUT2D eigenvalue weighted by atomic mass is 10.2. The third-order valence-electron chi connectivity index (χ3n) is 3.75. The zero-order valence-electron chi connectivity index (χ0n) is 13.9. The van der Waals surface area contributed by atoms with E-state index >= 15 is 0 Å². The largest absolute Gasteiger partial charge is 0.286 e. The summed E-state index contributed by atoms with van der Waals surface area (Å²) in [6.07, 6.45) is 1.50. The van der Waals surface area contributed by atoms with E-state index < -0.39 is 10.0 Å². The molecule has 0 saturated heterocycles. The van der Waals surface area contributed by atoms with Gasteiger partial charge in [-0.15, -0.1) is 11.3 Å². The van der Waals surface area contributed by atoms with Gasteiger partial charge in [-0.05, 0) is 44.9 Å². The van der Waals surface area contributed by atoms with Crippen LogP contribution >= 0.6 is 11.3 Å². The van der Waals surface area contributed by atoms with Gasteiger partial charge in [-0.2, -0.15) is 18.4 Å². The average molecular weight is 362 g/mol. The van der Waals surface area contributed by atoms with Crippen molar-refractivity contribution in [2.45, 2.75) is 32.6 Å². The molecule has 24 heavy (non-hydrogen) atoms. The number of hydrogen-bond acceptors (Lipinski definition) is 5. The topological polar surface area (TPSA) is 75.8 Å². The van der Waals surface area contributed by atoms with Crippen LogP contribution in [0.25, 0.3) is 4.96 Å². The van der Waals surface area contributed by atoms with E-state index in [1.807, 2.05) is 36.6 Å². The molecule has 0 spiro atoms. The number of nitrogens with one attached hydrogen (secondary N) is 1. The van der Waals surface area contributed by atoms with Crippen LogP contribution in [0.5, 0.6) is 0 Å². The van der Waals surface area contributed by atoms with E-state index in [0.29, 0.717) is 5.56 Å². The smallest absolute Gasteiger partial charge is 0.276 e. The third-order valence-corrected chi connectivity index (χ3v) is 6.05. The average Bonchev–Trinajstić information content (AvgIpc) is 3.02. The first kappa shape index (κ1) is 16.7. The first-order chi connectivity index (χ1) is 11.3. The lowest BCUT2D eigenvalue weighted by Crippen LogP contribution is -2.19. The Morgan fingerprint density at radius 1 is 1.25 bits per heavy atom. The molecule has 0 bridgehead atoms. The zero-order valence-corrected chi connectivity index (χ0v) is 15.5. The van der Waals surface area contributed by atoms with Crippen LogP contribution in [0.4, 0.5) is 0 Å². The van der Waals surface area contributed by atoms with Gasteiger partial charge in [0.2, 0.25) is 0 Å². The summed E-state index contributed by atoms with van der Waals surface area (Å²) in [4.78, 5) is 7.84. The van der Waals surface area contributed by atoms with E-state index in [2.05, 4.69) is 14.9 Å². The minimum Gasteiger partial charge on any atom is -0.286 e. The summed E-state index contributed by atoms with van der Waals surface area (Å²) in [5.41, 5.74) is 4.17. The number of sulfonamides is 1. The molecule has 0 radical (unpaired) electrons. The summed E-state index contributed by atoms with van der Waals surface area (Å²) < 4.78 is 26.9. The summed E-state index contributed by atoms with van der Waals surface area (Å²) in [7, 11) is -3.70. The highest BCUT2D eigenvalue weighted by molar-refractivity contribution is 7.89. The molecule has 0 aliphatic carbocycles. The molecular formula is C16H18N4O2S2. The fraction of sp³-hybridized carbons (Fsp3) is 0.250. The Balaban J connectivity index is 1.91. The Bertz CT molecular complexity index is 1050. The number of hydrogen-bond donors (Lipinski definition) is 1. The predicted molar refractivity (Wildman–Crippen MR) is 96.4 cm³/mol. The molecule has 3 rings (SSSR count). The monoisotopic (exact) mass is 362 g/mol. The second kappa shape index (κ2) is 6.03. The number of hydrazone groups is 1. The summed E-state index contributed by atoms with van der Waals surface area (Å²) in [6, 6.07) is 5.30. The Morgan fingerprint density at radius 2 is 2.00 bits per heavy atom. The molecule has 0 fully saturated rings. The van der Waals surface area contributed by atoms with E-state index in [0.717, 1.165) is 27.6 Å². The van der Waals surface area contributed by atoms with Crippen LogP contribution in [0.3, 0.4) is 0 Å². The molecule has 3 aromatic rings. The van der Waals surface area contributed by atoms with Gasteiger partial charge in [-0.1, -0.05) is 12.1 Å². The maximum atomic E-state index is 12.5. The number of rotatable bonds is 4. The molecular weight excluding hydrogens is 344 g/mol. The number of nitrogens with zero attached hydrogens (tertiary/aromatic N) is 3. The van der Waals surface area contributed by atoms with Crippen molar-refractivity contribution in [1.82, 2.24) is 14.2 Å². The van der Waals surface area contributed by atoms with E-state index in [9.17, 15) is 8.42 Å². The highest BCUT2D eigenvalue weighted by atomic mass is 32.2. The molecule has 1 N–H and O–H groups in total. The summed E-state index contributed by atoms with van der Waals surface area (Å²) in [6.45, 7) is 7.46. The second-order valence-corrected chi connectivity index (χ2v) is 8.17. The van der Waals surface area contributed by atoms with Crippen LogP contribution in [0, 0.1) is 27.7 Å². The predicted octanol–water partition coefficient (Wildman–Crippen LogP) is 2.94. The highest BCUT2D eigenvalue weighted by Crippen LogP contribution is 2.19. The zero-order chi connectivity index (χ0) is 17.5. The number of benzene rings is 1.